The summed E-state index contributed by atoms with van der Waals surface area (Å²) in [7, 11) is 0. The third-order valence-corrected chi connectivity index (χ3v) is 3.05. The molecule has 82 valence electrons. The molecule has 0 saturated heterocycles. The molecule has 0 saturated carbocycles. The lowest BCUT2D eigenvalue weighted by atomic mass is 9.99. The Kier molecular flexibility index (Phi) is 5.10. The highest BCUT2D eigenvalue weighted by atomic mass is 79.9. The summed E-state index contributed by atoms with van der Waals surface area (Å²) in [6, 6.07) is 8.89. The monoisotopic (exact) mass is 266 g/mol. The summed E-state index contributed by atoms with van der Waals surface area (Å²) in [6.45, 7) is 6.62. The molecule has 0 radical (unpaired) electrons. The number of halogens is 1. The number of hydrogen-bond donors (Lipinski definition) is 0. The zero-order valence-electron chi connectivity index (χ0n) is 9.76. The fourth-order valence-electron chi connectivity index (χ4n) is 1.52. The topological polar surface area (TPSA) is 0 Å². The van der Waals surface area contributed by atoms with Gasteiger partial charge in [-0.1, -0.05) is 60.1 Å². The molecule has 0 nitrogen and oxygen atoms in total. The van der Waals surface area contributed by atoms with Crippen LogP contribution in [0.2, 0.25) is 0 Å². The van der Waals surface area contributed by atoms with Crippen molar-refractivity contribution < 1.29 is 0 Å². The van der Waals surface area contributed by atoms with E-state index in [4.69, 9.17) is 0 Å². The summed E-state index contributed by atoms with van der Waals surface area (Å²) in [5.74, 6) is 0.617. The van der Waals surface area contributed by atoms with Crippen LogP contribution in [0.1, 0.15) is 44.2 Å². The summed E-state index contributed by atoms with van der Waals surface area (Å²) in [6.07, 6.45) is 3.37. The van der Waals surface area contributed by atoms with Crippen molar-refractivity contribution in [3.63, 3.8) is 0 Å². The SMILES string of the molecule is CC(=CCCBr)c1ccc(C(C)C)cc1. The first-order chi connectivity index (χ1) is 7.15. The molecule has 15 heavy (non-hydrogen) atoms. The van der Waals surface area contributed by atoms with Crippen molar-refractivity contribution in [3.05, 3.63) is 41.5 Å². The van der Waals surface area contributed by atoms with Crippen LogP contribution in [0.4, 0.5) is 0 Å². The largest absolute Gasteiger partial charge is 0.0925 e. The first-order valence-electron chi connectivity index (χ1n) is 5.48. The van der Waals surface area contributed by atoms with Gasteiger partial charge in [0.05, 0.1) is 0 Å². The minimum Gasteiger partial charge on any atom is -0.0925 e. The fraction of sp³-hybridized carbons (Fsp3) is 0.429. The lowest BCUT2D eigenvalue weighted by Crippen LogP contribution is -1.87. The molecule has 0 fully saturated rings. The number of alkyl halides is 1. The maximum absolute atomic E-state index is 3.44. The number of rotatable bonds is 4. The normalized spacial score (nSPS) is 12.2. The molecule has 0 aliphatic rings. The molecule has 0 aliphatic carbocycles. The molecular formula is C14H19Br. The minimum absolute atomic E-state index is 0.617. The average molecular weight is 267 g/mol. The Balaban J connectivity index is 2.79. The molecule has 0 heterocycles. The van der Waals surface area contributed by atoms with Gasteiger partial charge in [-0.05, 0) is 36.0 Å². The van der Waals surface area contributed by atoms with E-state index in [1.807, 2.05) is 0 Å². The van der Waals surface area contributed by atoms with Crippen LogP contribution < -0.4 is 0 Å². The minimum atomic E-state index is 0.617. The average Bonchev–Trinajstić information content (AvgIpc) is 2.26. The van der Waals surface area contributed by atoms with E-state index in [2.05, 4.69) is 67.0 Å². The Morgan fingerprint density at radius 1 is 1.27 bits per heavy atom. The zero-order chi connectivity index (χ0) is 11.3. The predicted molar refractivity (Wildman–Crippen MR) is 72.6 cm³/mol. The van der Waals surface area contributed by atoms with Gasteiger partial charge in [-0.15, -0.1) is 0 Å². The Labute approximate surface area is 102 Å². The molecule has 0 aliphatic heterocycles. The third-order valence-electron chi connectivity index (χ3n) is 2.59. The van der Waals surface area contributed by atoms with Gasteiger partial charge in [0.15, 0.2) is 0 Å². The second kappa shape index (κ2) is 6.12. The van der Waals surface area contributed by atoms with Crippen molar-refractivity contribution in [3.8, 4) is 0 Å². The van der Waals surface area contributed by atoms with Crippen LogP contribution in [0.25, 0.3) is 5.57 Å². The van der Waals surface area contributed by atoms with E-state index in [1.54, 1.807) is 0 Å². The molecule has 1 rings (SSSR count). The van der Waals surface area contributed by atoms with E-state index >= 15 is 0 Å². The molecule has 0 atom stereocenters. The molecule has 1 aromatic carbocycles. The van der Waals surface area contributed by atoms with Crippen LogP contribution in [-0.4, -0.2) is 5.33 Å². The van der Waals surface area contributed by atoms with Crippen molar-refractivity contribution >= 4 is 21.5 Å². The maximum Gasteiger partial charge on any atom is 0.00661 e. The quantitative estimate of drug-likeness (QED) is 0.673. The Bertz CT molecular complexity index is 320. The summed E-state index contributed by atoms with van der Waals surface area (Å²) in [4.78, 5) is 0. The van der Waals surface area contributed by atoms with Crippen LogP contribution in [-0.2, 0) is 0 Å². The first-order valence-corrected chi connectivity index (χ1v) is 6.60. The number of allylic oxidation sites excluding steroid dienone is 2. The molecule has 0 bridgehead atoms. The summed E-state index contributed by atoms with van der Waals surface area (Å²) < 4.78 is 0. The first kappa shape index (κ1) is 12.5. The molecule has 1 heteroatoms. The van der Waals surface area contributed by atoms with Crippen LogP contribution in [0, 0.1) is 0 Å². The van der Waals surface area contributed by atoms with Gasteiger partial charge in [-0.2, -0.15) is 0 Å². The Morgan fingerprint density at radius 3 is 2.33 bits per heavy atom. The fourth-order valence-corrected chi connectivity index (χ4v) is 1.75. The highest BCUT2D eigenvalue weighted by Gasteiger charge is 1.99. The third kappa shape index (κ3) is 3.83. The van der Waals surface area contributed by atoms with Crippen LogP contribution >= 0.6 is 15.9 Å². The summed E-state index contributed by atoms with van der Waals surface area (Å²) >= 11 is 3.44. The standard InChI is InChI=1S/C14H19Br/c1-11(2)13-6-8-14(9-7-13)12(3)5-4-10-15/h5-9,11H,4,10H2,1-3H3. The van der Waals surface area contributed by atoms with Crippen molar-refractivity contribution in [2.24, 2.45) is 0 Å². The zero-order valence-corrected chi connectivity index (χ0v) is 11.3. The van der Waals surface area contributed by atoms with Crippen molar-refractivity contribution in [2.45, 2.75) is 33.1 Å². The molecule has 0 unspecified atom stereocenters. The molecule has 0 aromatic heterocycles. The molecule has 1 aromatic rings. The van der Waals surface area contributed by atoms with Crippen LogP contribution in [0.5, 0.6) is 0 Å². The predicted octanol–water partition coefficient (Wildman–Crippen LogP) is 5.00. The van der Waals surface area contributed by atoms with Crippen molar-refractivity contribution in [1.29, 1.82) is 0 Å². The van der Waals surface area contributed by atoms with E-state index in [-0.39, 0.29) is 0 Å². The summed E-state index contributed by atoms with van der Waals surface area (Å²) in [5, 5.41) is 1.04. The van der Waals surface area contributed by atoms with E-state index < -0.39 is 0 Å². The summed E-state index contributed by atoms with van der Waals surface area (Å²) in [5.41, 5.74) is 4.11. The number of hydrogen-bond acceptors (Lipinski definition) is 0. The number of benzene rings is 1. The molecule has 0 spiro atoms. The van der Waals surface area contributed by atoms with E-state index in [9.17, 15) is 0 Å². The van der Waals surface area contributed by atoms with E-state index in [1.165, 1.54) is 16.7 Å². The Hall–Kier alpha value is -0.560. The molecule has 0 amide bonds. The van der Waals surface area contributed by atoms with Crippen LogP contribution in [0.3, 0.4) is 0 Å². The van der Waals surface area contributed by atoms with E-state index in [0.29, 0.717) is 5.92 Å². The highest BCUT2D eigenvalue weighted by Crippen LogP contribution is 2.19. The van der Waals surface area contributed by atoms with E-state index in [0.717, 1.165) is 11.8 Å². The van der Waals surface area contributed by atoms with Crippen molar-refractivity contribution in [1.82, 2.24) is 0 Å². The van der Waals surface area contributed by atoms with Crippen molar-refractivity contribution in [2.75, 3.05) is 5.33 Å². The second-order valence-electron chi connectivity index (χ2n) is 4.14. The second-order valence-corrected chi connectivity index (χ2v) is 4.93. The van der Waals surface area contributed by atoms with Gasteiger partial charge in [0.25, 0.3) is 0 Å². The lowest BCUT2D eigenvalue weighted by Gasteiger charge is -2.07. The van der Waals surface area contributed by atoms with Gasteiger partial charge >= 0.3 is 0 Å². The maximum atomic E-state index is 3.44. The smallest absolute Gasteiger partial charge is 0.00661 e. The van der Waals surface area contributed by atoms with Gasteiger partial charge in [0.2, 0.25) is 0 Å². The molecular weight excluding hydrogens is 248 g/mol. The van der Waals surface area contributed by atoms with Crippen LogP contribution in [0.15, 0.2) is 30.3 Å². The van der Waals surface area contributed by atoms with Gasteiger partial charge in [0.1, 0.15) is 0 Å². The van der Waals surface area contributed by atoms with Gasteiger partial charge in [-0.3, -0.25) is 0 Å². The molecule has 0 N–H and O–H groups in total. The lowest BCUT2D eigenvalue weighted by molar-refractivity contribution is 0.866. The van der Waals surface area contributed by atoms with Gasteiger partial charge in [0, 0.05) is 5.33 Å². The Morgan fingerprint density at radius 2 is 1.87 bits per heavy atom. The van der Waals surface area contributed by atoms with Gasteiger partial charge in [-0.25, -0.2) is 0 Å². The van der Waals surface area contributed by atoms with Gasteiger partial charge < -0.3 is 0 Å². The highest BCUT2D eigenvalue weighted by molar-refractivity contribution is 9.09.